The molecule has 0 aliphatic rings. The maximum atomic E-state index is 8.64. The molecule has 1 rings (SSSR count). The maximum absolute atomic E-state index is 8.64. The molecule has 1 aromatic rings. The van der Waals surface area contributed by atoms with Gasteiger partial charge in [-0.1, -0.05) is 29.8 Å². The number of benzene rings is 1. The van der Waals surface area contributed by atoms with Gasteiger partial charge in [-0.05, 0) is 6.07 Å². The Labute approximate surface area is 79.3 Å². The summed E-state index contributed by atoms with van der Waals surface area (Å²) >= 11 is 5.82. The van der Waals surface area contributed by atoms with E-state index in [1.807, 2.05) is 6.07 Å². The summed E-state index contributed by atoms with van der Waals surface area (Å²) in [7, 11) is 2.81. The van der Waals surface area contributed by atoms with Crippen LogP contribution in [0.3, 0.4) is 0 Å². The SMILES string of the molecule is N#C[C@H](O[Si])c1ccccc1Cl. The Bertz CT molecular complexity index is 310. The summed E-state index contributed by atoms with van der Waals surface area (Å²) in [5, 5.41) is 9.17. The van der Waals surface area contributed by atoms with Gasteiger partial charge in [0.2, 0.25) is 10.5 Å². The Morgan fingerprint density at radius 2 is 2.17 bits per heavy atom. The highest BCUT2D eigenvalue weighted by molar-refractivity contribution is 6.31. The van der Waals surface area contributed by atoms with E-state index >= 15 is 0 Å². The predicted octanol–water partition coefficient (Wildman–Crippen LogP) is 2.00. The maximum Gasteiger partial charge on any atom is 0.248 e. The van der Waals surface area contributed by atoms with Crippen LogP contribution in [-0.4, -0.2) is 10.5 Å². The van der Waals surface area contributed by atoms with Crippen LogP contribution in [0.4, 0.5) is 0 Å². The lowest BCUT2D eigenvalue weighted by molar-refractivity contribution is 0.290. The van der Waals surface area contributed by atoms with Crippen LogP contribution in [-0.2, 0) is 4.43 Å². The summed E-state index contributed by atoms with van der Waals surface area (Å²) in [6.45, 7) is 0. The van der Waals surface area contributed by atoms with E-state index in [0.29, 0.717) is 10.6 Å². The molecule has 0 fully saturated rings. The Kier molecular flexibility index (Phi) is 3.29. The third kappa shape index (κ3) is 1.86. The smallest absolute Gasteiger partial charge is 0.248 e. The van der Waals surface area contributed by atoms with Crippen molar-refractivity contribution in [2.75, 3.05) is 0 Å². The molecule has 0 aromatic heterocycles. The van der Waals surface area contributed by atoms with Crippen molar-refractivity contribution in [1.82, 2.24) is 0 Å². The lowest BCUT2D eigenvalue weighted by atomic mass is 10.1. The molecule has 0 heterocycles. The molecule has 0 aliphatic carbocycles. The van der Waals surface area contributed by atoms with Gasteiger partial charge in [-0.15, -0.1) is 0 Å². The van der Waals surface area contributed by atoms with Gasteiger partial charge in [-0.25, -0.2) is 0 Å². The van der Waals surface area contributed by atoms with Gasteiger partial charge in [0.05, 0.1) is 6.07 Å². The van der Waals surface area contributed by atoms with Crippen LogP contribution in [0, 0.1) is 11.3 Å². The summed E-state index contributed by atoms with van der Waals surface area (Å²) < 4.78 is 4.73. The van der Waals surface area contributed by atoms with Crippen LogP contribution in [0.25, 0.3) is 0 Å². The van der Waals surface area contributed by atoms with E-state index < -0.39 is 6.10 Å². The van der Waals surface area contributed by atoms with Crippen LogP contribution in [0.1, 0.15) is 11.7 Å². The second kappa shape index (κ2) is 4.26. The molecule has 0 spiro atoms. The zero-order valence-corrected chi connectivity index (χ0v) is 7.88. The quantitative estimate of drug-likeness (QED) is 0.675. The van der Waals surface area contributed by atoms with Crippen molar-refractivity contribution in [2.24, 2.45) is 0 Å². The van der Waals surface area contributed by atoms with Crippen LogP contribution in [0.2, 0.25) is 5.02 Å². The molecular weight excluding hydrogens is 190 g/mol. The standard InChI is InChI=1S/C8H5ClNOSi/c9-7-4-2-1-3-6(7)8(5-10)11-12/h1-4,8H/t8-/m0/s1. The monoisotopic (exact) mass is 194 g/mol. The number of hydrogen-bond donors (Lipinski definition) is 0. The zero-order valence-electron chi connectivity index (χ0n) is 6.12. The number of rotatable bonds is 2. The molecule has 2 nitrogen and oxygen atoms in total. The van der Waals surface area contributed by atoms with E-state index in [0.717, 1.165) is 0 Å². The molecule has 1 atom stereocenters. The van der Waals surface area contributed by atoms with Gasteiger partial charge >= 0.3 is 0 Å². The highest BCUT2D eigenvalue weighted by atomic mass is 35.5. The van der Waals surface area contributed by atoms with Gasteiger partial charge in [-0.3, -0.25) is 0 Å². The van der Waals surface area contributed by atoms with Gasteiger partial charge in [0, 0.05) is 10.6 Å². The van der Waals surface area contributed by atoms with Crippen LogP contribution < -0.4 is 0 Å². The normalized spacial score (nSPS) is 12.1. The molecular formula is C8H5ClNOSi. The summed E-state index contributed by atoms with van der Waals surface area (Å²) in [5.74, 6) is 0. The number of nitriles is 1. The fraction of sp³-hybridized carbons (Fsp3) is 0.125. The van der Waals surface area contributed by atoms with Gasteiger partial charge in [0.25, 0.3) is 0 Å². The largest absolute Gasteiger partial charge is 0.400 e. The van der Waals surface area contributed by atoms with Crippen molar-refractivity contribution in [1.29, 1.82) is 5.26 Å². The minimum Gasteiger partial charge on any atom is -0.400 e. The van der Waals surface area contributed by atoms with Crippen molar-refractivity contribution in [3.63, 3.8) is 0 Å². The molecule has 59 valence electrons. The zero-order chi connectivity index (χ0) is 8.97. The van der Waals surface area contributed by atoms with Crippen molar-refractivity contribution in [3.05, 3.63) is 34.9 Å². The first-order valence-corrected chi connectivity index (χ1v) is 4.04. The molecule has 0 saturated carbocycles. The van der Waals surface area contributed by atoms with Crippen molar-refractivity contribution in [2.45, 2.75) is 6.10 Å². The summed E-state index contributed by atoms with van der Waals surface area (Å²) in [6, 6.07) is 9.02. The molecule has 0 unspecified atom stereocenters. The lowest BCUT2D eigenvalue weighted by Gasteiger charge is -2.08. The third-order valence-electron chi connectivity index (χ3n) is 1.42. The second-order valence-electron chi connectivity index (χ2n) is 2.15. The van der Waals surface area contributed by atoms with Crippen molar-refractivity contribution in [3.8, 4) is 6.07 Å². The molecule has 12 heavy (non-hydrogen) atoms. The lowest BCUT2D eigenvalue weighted by Crippen LogP contribution is -1.99. The minimum atomic E-state index is -0.657. The predicted molar refractivity (Wildman–Crippen MR) is 46.6 cm³/mol. The summed E-state index contributed by atoms with van der Waals surface area (Å²) in [6.07, 6.45) is -0.657. The molecule has 0 saturated heterocycles. The first-order chi connectivity index (χ1) is 5.79. The first-order valence-electron chi connectivity index (χ1n) is 3.26. The number of nitrogens with zero attached hydrogens (tertiary/aromatic N) is 1. The van der Waals surface area contributed by atoms with E-state index in [4.69, 9.17) is 21.3 Å². The Hall–Kier alpha value is -0.823. The van der Waals surface area contributed by atoms with Crippen molar-refractivity contribution >= 4 is 22.1 Å². The topological polar surface area (TPSA) is 33.0 Å². The molecule has 3 radical (unpaired) electrons. The minimum absolute atomic E-state index is 0.530. The van der Waals surface area contributed by atoms with Gasteiger partial charge in [-0.2, -0.15) is 5.26 Å². The summed E-state index contributed by atoms with van der Waals surface area (Å²) in [4.78, 5) is 0. The Balaban J connectivity index is 3.02. The van der Waals surface area contributed by atoms with Gasteiger partial charge in [0.15, 0.2) is 6.10 Å². The van der Waals surface area contributed by atoms with Gasteiger partial charge < -0.3 is 4.43 Å². The molecule has 4 heteroatoms. The van der Waals surface area contributed by atoms with Crippen LogP contribution >= 0.6 is 11.6 Å². The molecule has 0 N–H and O–H groups in total. The molecule has 0 aliphatic heterocycles. The van der Waals surface area contributed by atoms with E-state index in [-0.39, 0.29) is 0 Å². The molecule has 1 aromatic carbocycles. The van der Waals surface area contributed by atoms with Crippen LogP contribution in [0.5, 0.6) is 0 Å². The number of halogens is 1. The molecule has 0 bridgehead atoms. The highest BCUT2D eigenvalue weighted by Gasteiger charge is 2.10. The van der Waals surface area contributed by atoms with Crippen LogP contribution in [0.15, 0.2) is 24.3 Å². The fourth-order valence-electron chi connectivity index (χ4n) is 0.847. The third-order valence-corrected chi connectivity index (χ3v) is 2.00. The first kappa shape index (κ1) is 9.27. The summed E-state index contributed by atoms with van der Waals surface area (Å²) in [5.41, 5.74) is 0.664. The molecule has 0 amide bonds. The Morgan fingerprint density at radius 1 is 1.50 bits per heavy atom. The number of hydrogen-bond acceptors (Lipinski definition) is 2. The Morgan fingerprint density at radius 3 is 2.67 bits per heavy atom. The van der Waals surface area contributed by atoms with Gasteiger partial charge in [0.1, 0.15) is 0 Å². The van der Waals surface area contributed by atoms with Crippen molar-refractivity contribution < 1.29 is 4.43 Å². The highest BCUT2D eigenvalue weighted by Crippen LogP contribution is 2.23. The van der Waals surface area contributed by atoms with E-state index in [1.165, 1.54) is 0 Å². The second-order valence-corrected chi connectivity index (χ2v) is 2.79. The average Bonchev–Trinajstić information content (AvgIpc) is 2.10. The average molecular weight is 195 g/mol. The fourth-order valence-corrected chi connectivity index (χ4v) is 1.26. The van der Waals surface area contributed by atoms with E-state index in [1.54, 1.807) is 24.3 Å². The van der Waals surface area contributed by atoms with E-state index in [9.17, 15) is 0 Å². The van der Waals surface area contributed by atoms with E-state index in [2.05, 4.69) is 10.5 Å².